The fourth-order valence-electron chi connectivity index (χ4n) is 0.885. The van der Waals surface area contributed by atoms with Gasteiger partial charge in [-0.05, 0) is 6.42 Å². The fraction of sp³-hybridized carbons (Fsp3) is 0.900. The van der Waals surface area contributed by atoms with Crippen molar-refractivity contribution in [2.45, 2.75) is 12.8 Å². The summed E-state index contributed by atoms with van der Waals surface area (Å²) in [5.41, 5.74) is 0. The van der Waals surface area contributed by atoms with Crippen LogP contribution in [0.2, 0.25) is 0 Å². The van der Waals surface area contributed by atoms with Gasteiger partial charge in [-0.3, -0.25) is 4.79 Å². The average Bonchev–Trinajstić information content (AvgIpc) is 2.26. The molecule has 0 radical (unpaired) electrons. The SMILES string of the molecule is COCCOCCOCCCC(=O)OC. The van der Waals surface area contributed by atoms with Gasteiger partial charge in [0.2, 0.25) is 0 Å². The second-order valence-corrected chi connectivity index (χ2v) is 2.90. The number of hydrogen-bond donors (Lipinski definition) is 0. The number of methoxy groups -OCH3 is 2. The Hall–Kier alpha value is -0.650. The molecule has 0 aliphatic rings. The lowest BCUT2D eigenvalue weighted by atomic mass is 10.3. The van der Waals surface area contributed by atoms with E-state index in [2.05, 4.69) is 4.74 Å². The van der Waals surface area contributed by atoms with Gasteiger partial charge in [-0.25, -0.2) is 0 Å². The molecule has 0 N–H and O–H groups in total. The Bertz CT molecular complexity index is 149. The standard InChI is InChI=1S/C10H20O5/c1-12-6-7-15-9-8-14-5-3-4-10(11)13-2/h3-9H2,1-2H3. The van der Waals surface area contributed by atoms with Crippen LogP contribution in [0.25, 0.3) is 0 Å². The van der Waals surface area contributed by atoms with Crippen molar-refractivity contribution in [2.75, 3.05) is 47.3 Å². The minimum Gasteiger partial charge on any atom is -0.469 e. The normalized spacial score (nSPS) is 10.3. The van der Waals surface area contributed by atoms with Crippen molar-refractivity contribution in [3.05, 3.63) is 0 Å². The Morgan fingerprint density at radius 1 is 0.933 bits per heavy atom. The molecule has 0 amide bonds. The van der Waals surface area contributed by atoms with E-state index in [1.807, 2.05) is 0 Å². The van der Waals surface area contributed by atoms with Crippen LogP contribution >= 0.6 is 0 Å². The number of carbonyl (C=O) groups excluding carboxylic acids is 1. The summed E-state index contributed by atoms with van der Waals surface area (Å²) < 4.78 is 19.7. The van der Waals surface area contributed by atoms with Crippen molar-refractivity contribution in [1.29, 1.82) is 0 Å². The third-order valence-electron chi connectivity index (χ3n) is 1.70. The predicted octanol–water partition coefficient (Wildman–Crippen LogP) is 0.619. The second kappa shape index (κ2) is 11.4. The lowest BCUT2D eigenvalue weighted by Gasteiger charge is -2.04. The van der Waals surface area contributed by atoms with Crippen molar-refractivity contribution in [3.8, 4) is 0 Å². The van der Waals surface area contributed by atoms with Crippen LogP contribution in [0, 0.1) is 0 Å². The van der Waals surface area contributed by atoms with Crippen LogP contribution in [0.1, 0.15) is 12.8 Å². The quantitative estimate of drug-likeness (QED) is 0.399. The molecule has 0 aliphatic heterocycles. The number of rotatable bonds is 10. The number of carbonyl (C=O) groups is 1. The molecule has 0 aromatic carbocycles. The Morgan fingerprint density at radius 2 is 1.53 bits per heavy atom. The van der Waals surface area contributed by atoms with E-state index in [-0.39, 0.29) is 5.97 Å². The van der Waals surface area contributed by atoms with Gasteiger partial charge in [0, 0.05) is 20.1 Å². The summed E-state index contributed by atoms with van der Waals surface area (Å²) in [5.74, 6) is -0.199. The van der Waals surface area contributed by atoms with E-state index >= 15 is 0 Å². The highest BCUT2D eigenvalue weighted by molar-refractivity contribution is 5.68. The average molecular weight is 220 g/mol. The molecule has 5 nitrogen and oxygen atoms in total. The van der Waals surface area contributed by atoms with Gasteiger partial charge in [-0.1, -0.05) is 0 Å². The van der Waals surface area contributed by atoms with Crippen LogP contribution in [0.3, 0.4) is 0 Å². The second-order valence-electron chi connectivity index (χ2n) is 2.90. The van der Waals surface area contributed by atoms with Crippen LogP contribution < -0.4 is 0 Å². The number of ether oxygens (including phenoxy) is 4. The summed E-state index contributed by atoms with van der Waals surface area (Å²) in [4.78, 5) is 10.7. The number of hydrogen-bond acceptors (Lipinski definition) is 5. The first-order chi connectivity index (χ1) is 7.31. The van der Waals surface area contributed by atoms with Crippen LogP contribution in [0.5, 0.6) is 0 Å². The summed E-state index contributed by atoms with van der Waals surface area (Å²) in [6, 6.07) is 0. The number of esters is 1. The first kappa shape index (κ1) is 14.3. The monoisotopic (exact) mass is 220 g/mol. The van der Waals surface area contributed by atoms with E-state index in [4.69, 9.17) is 14.2 Å². The zero-order valence-corrected chi connectivity index (χ0v) is 9.49. The molecule has 0 saturated heterocycles. The van der Waals surface area contributed by atoms with Gasteiger partial charge in [0.05, 0.1) is 33.5 Å². The van der Waals surface area contributed by atoms with Gasteiger partial charge in [0.15, 0.2) is 0 Å². The van der Waals surface area contributed by atoms with Crippen LogP contribution in [-0.4, -0.2) is 53.2 Å². The maximum absolute atomic E-state index is 10.7. The Balaban J connectivity index is 2.95. The lowest BCUT2D eigenvalue weighted by molar-refractivity contribution is -0.141. The van der Waals surface area contributed by atoms with Gasteiger partial charge in [0.1, 0.15) is 0 Å². The Labute approximate surface area is 90.6 Å². The van der Waals surface area contributed by atoms with Gasteiger partial charge in [0.25, 0.3) is 0 Å². The first-order valence-electron chi connectivity index (χ1n) is 5.02. The molecule has 0 aliphatic carbocycles. The highest BCUT2D eigenvalue weighted by Crippen LogP contribution is 1.92. The molecule has 0 atom stereocenters. The van der Waals surface area contributed by atoms with E-state index < -0.39 is 0 Å². The molecule has 0 bridgehead atoms. The van der Waals surface area contributed by atoms with E-state index in [9.17, 15) is 4.79 Å². The molecular weight excluding hydrogens is 200 g/mol. The topological polar surface area (TPSA) is 54.0 Å². The molecule has 0 fully saturated rings. The molecule has 0 aromatic rings. The largest absolute Gasteiger partial charge is 0.469 e. The van der Waals surface area contributed by atoms with E-state index in [0.29, 0.717) is 45.9 Å². The molecule has 15 heavy (non-hydrogen) atoms. The van der Waals surface area contributed by atoms with Gasteiger partial charge >= 0.3 is 5.97 Å². The predicted molar refractivity (Wildman–Crippen MR) is 54.8 cm³/mol. The summed E-state index contributed by atoms with van der Waals surface area (Å²) >= 11 is 0. The lowest BCUT2D eigenvalue weighted by Crippen LogP contribution is -2.09. The van der Waals surface area contributed by atoms with Crippen molar-refractivity contribution < 1.29 is 23.7 Å². The van der Waals surface area contributed by atoms with E-state index in [1.54, 1.807) is 7.11 Å². The van der Waals surface area contributed by atoms with Crippen LogP contribution in [0.15, 0.2) is 0 Å². The maximum atomic E-state index is 10.7. The Morgan fingerprint density at radius 3 is 2.13 bits per heavy atom. The zero-order chi connectivity index (χ0) is 11.4. The fourth-order valence-corrected chi connectivity index (χ4v) is 0.885. The van der Waals surface area contributed by atoms with Crippen molar-refractivity contribution in [2.24, 2.45) is 0 Å². The zero-order valence-electron chi connectivity index (χ0n) is 9.49. The van der Waals surface area contributed by atoms with Crippen molar-refractivity contribution in [3.63, 3.8) is 0 Å². The smallest absolute Gasteiger partial charge is 0.305 e. The summed E-state index contributed by atoms with van der Waals surface area (Å²) in [6.07, 6.45) is 1.09. The molecule has 5 heteroatoms. The summed E-state index contributed by atoms with van der Waals surface area (Å²) in [6.45, 7) is 2.85. The van der Waals surface area contributed by atoms with Gasteiger partial charge in [-0.2, -0.15) is 0 Å². The van der Waals surface area contributed by atoms with Crippen LogP contribution in [-0.2, 0) is 23.7 Å². The molecule has 90 valence electrons. The van der Waals surface area contributed by atoms with Gasteiger partial charge in [-0.15, -0.1) is 0 Å². The summed E-state index contributed by atoms with van der Waals surface area (Å²) in [7, 11) is 3.01. The minimum atomic E-state index is -0.199. The third kappa shape index (κ3) is 11.3. The molecule has 0 unspecified atom stereocenters. The molecule has 0 rings (SSSR count). The molecule has 0 spiro atoms. The van der Waals surface area contributed by atoms with E-state index in [1.165, 1.54) is 7.11 Å². The van der Waals surface area contributed by atoms with Gasteiger partial charge < -0.3 is 18.9 Å². The molecule has 0 aromatic heterocycles. The highest BCUT2D eigenvalue weighted by atomic mass is 16.5. The Kier molecular flexibility index (Phi) is 10.9. The minimum absolute atomic E-state index is 0.199. The van der Waals surface area contributed by atoms with E-state index in [0.717, 1.165) is 0 Å². The van der Waals surface area contributed by atoms with Crippen molar-refractivity contribution in [1.82, 2.24) is 0 Å². The summed E-state index contributed by atoms with van der Waals surface area (Å²) in [5, 5.41) is 0. The molecule has 0 saturated carbocycles. The first-order valence-corrected chi connectivity index (χ1v) is 5.02. The maximum Gasteiger partial charge on any atom is 0.305 e. The third-order valence-corrected chi connectivity index (χ3v) is 1.70. The van der Waals surface area contributed by atoms with Crippen molar-refractivity contribution >= 4 is 5.97 Å². The molecular formula is C10H20O5. The van der Waals surface area contributed by atoms with Crippen LogP contribution in [0.4, 0.5) is 0 Å². The highest BCUT2D eigenvalue weighted by Gasteiger charge is 1.98. The molecule has 0 heterocycles.